The first kappa shape index (κ1) is 22.9. The minimum absolute atomic E-state index is 0.139. The third-order valence-corrected chi connectivity index (χ3v) is 10.9. The molecule has 4 saturated carbocycles. The molecule has 4 fully saturated rings. The summed E-state index contributed by atoms with van der Waals surface area (Å²) in [4.78, 5) is 0. The Hall–Kier alpha value is -0.820. The van der Waals surface area contributed by atoms with Crippen LogP contribution in [0.3, 0.4) is 0 Å². The molecule has 0 aromatic carbocycles. The molecular weight excluding hydrogens is 437 g/mol. The molecule has 0 N–H and O–H groups in total. The molecule has 0 aromatic rings. The molecular formula is C25H35F3O3S. The summed E-state index contributed by atoms with van der Waals surface area (Å²) in [5.74, 6) is 3.75. The van der Waals surface area contributed by atoms with Gasteiger partial charge in [0, 0.05) is 0 Å². The lowest BCUT2D eigenvalue weighted by atomic mass is 9.49. The van der Waals surface area contributed by atoms with E-state index >= 15 is 0 Å². The zero-order chi connectivity index (χ0) is 22.7. The molecule has 9 unspecified atom stereocenters. The first-order valence-electron chi connectivity index (χ1n) is 12.5. The second-order valence-electron chi connectivity index (χ2n) is 11.0. The van der Waals surface area contributed by atoms with Crippen molar-refractivity contribution < 1.29 is 25.8 Å². The topological polar surface area (TPSA) is 43.4 Å². The summed E-state index contributed by atoms with van der Waals surface area (Å²) in [6.45, 7) is 1.74. The van der Waals surface area contributed by atoms with Gasteiger partial charge in [0.25, 0.3) is 0 Å². The van der Waals surface area contributed by atoms with Crippen LogP contribution in [0.2, 0.25) is 0 Å². The SMILES string of the molecule is CC=CC1(OS(=O)(=O)C(F)(F)F)CCC2CCC3C4CCC5CC=CCC5C4CCC3C21. The van der Waals surface area contributed by atoms with Gasteiger partial charge >= 0.3 is 15.6 Å². The van der Waals surface area contributed by atoms with E-state index in [0.717, 1.165) is 43.9 Å². The molecule has 9 atom stereocenters. The lowest BCUT2D eigenvalue weighted by Crippen LogP contribution is -2.53. The lowest BCUT2D eigenvalue weighted by Gasteiger charge is -2.57. The minimum atomic E-state index is -5.65. The third kappa shape index (κ3) is 3.60. The minimum Gasteiger partial charge on any atom is -0.252 e. The zero-order valence-electron chi connectivity index (χ0n) is 18.8. The van der Waals surface area contributed by atoms with Crippen LogP contribution in [0, 0.1) is 47.3 Å². The van der Waals surface area contributed by atoms with Gasteiger partial charge in [0.2, 0.25) is 0 Å². The summed E-state index contributed by atoms with van der Waals surface area (Å²) >= 11 is 0. The predicted octanol–water partition coefficient (Wildman–Crippen LogP) is 6.62. The van der Waals surface area contributed by atoms with E-state index in [1.807, 2.05) is 0 Å². The molecule has 0 saturated heterocycles. The Labute approximate surface area is 190 Å². The Morgan fingerprint density at radius 3 is 2.16 bits per heavy atom. The number of fused-ring (bicyclic) bond motifs is 7. The maximum absolute atomic E-state index is 13.3. The highest BCUT2D eigenvalue weighted by Gasteiger charge is 2.62. The van der Waals surface area contributed by atoms with E-state index in [2.05, 4.69) is 12.2 Å². The second kappa shape index (κ2) is 8.14. The van der Waals surface area contributed by atoms with E-state index in [4.69, 9.17) is 4.18 Å². The van der Waals surface area contributed by atoms with E-state index in [9.17, 15) is 21.6 Å². The van der Waals surface area contributed by atoms with Crippen LogP contribution in [0.1, 0.15) is 71.1 Å². The Balaban J connectivity index is 1.45. The van der Waals surface area contributed by atoms with Crippen LogP contribution in [0.15, 0.2) is 24.3 Å². The Kier molecular flexibility index (Phi) is 5.84. The first-order chi connectivity index (χ1) is 15.2. The molecule has 0 aromatic heterocycles. The highest BCUT2D eigenvalue weighted by atomic mass is 32.2. The normalized spacial score (nSPS) is 46.4. The van der Waals surface area contributed by atoms with Crippen LogP contribution in [0.5, 0.6) is 0 Å². The van der Waals surface area contributed by atoms with Gasteiger partial charge in [-0.15, -0.1) is 0 Å². The van der Waals surface area contributed by atoms with Crippen LogP contribution in [0.25, 0.3) is 0 Å². The fraction of sp³-hybridized carbons (Fsp3) is 0.840. The van der Waals surface area contributed by atoms with E-state index < -0.39 is 21.2 Å². The summed E-state index contributed by atoms with van der Waals surface area (Å²) in [6, 6.07) is 0. The second-order valence-corrected chi connectivity index (χ2v) is 12.6. The van der Waals surface area contributed by atoms with Crippen molar-refractivity contribution in [1.29, 1.82) is 0 Å². The summed E-state index contributed by atoms with van der Waals surface area (Å²) in [7, 11) is -5.65. The van der Waals surface area contributed by atoms with Crippen molar-refractivity contribution >= 4 is 10.1 Å². The standard InChI is InChI=1S/C25H35F3O3S/c1-2-14-24(31-32(29,30)25(26,27)28)15-13-17-8-10-21-20-9-7-16-5-3-4-6-18(16)19(20)11-12-22(21)23(17)24/h2-4,14,16-23H,5-13,15H2,1H3. The van der Waals surface area contributed by atoms with Gasteiger partial charge in [0.05, 0.1) is 0 Å². The van der Waals surface area contributed by atoms with Crippen LogP contribution in [-0.4, -0.2) is 19.5 Å². The largest absolute Gasteiger partial charge is 0.523 e. The average Bonchev–Trinajstić information content (AvgIpc) is 3.10. The highest BCUT2D eigenvalue weighted by Crippen LogP contribution is 2.63. The Morgan fingerprint density at radius 2 is 1.44 bits per heavy atom. The van der Waals surface area contributed by atoms with Crippen LogP contribution >= 0.6 is 0 Å². The lowest BCUT2D eigenvalue weighted by molar-refractivity contribution is -0.0991. The molecule has 5 aliphatic rings. The van der Waals surface area contributed by atoms with Crippen LogP contribution < -0.4 is 0 Å². The van der Waals surface area contributed by atoms with Crippen molar-refractivity contribution in [1.82, 2.24) is 0 Å². The van der Waals surface area contributed by atoms with E-state index in [-0.39, 0.29) is 17.8 Å². The van der Waals surface area contributed by atoms with Crippen molar-refractivity contribution in [2.75, 3.05) is 0 Å². The van der Waals surface area contributed by atoms with Crippen molar-refractivity contribution in [3.05, 3.63) is 24.3 Å². The molecule has 0 bridgehead atoms. The maximum Gasteiger partial charge on any atom is 0.523 e. The van der Waals surface area contributed by atoms with Crippen molar-refractivity contribution in [2.45, 2.75) is 82.2 Å². The number of rotatable bonds is 3. The molecule has 3 nitrogen and oxygen atoms in total. The molecule has 0 radical (unpaired) electrons. The number of allylic oxidation sites excluding steroid dienone is 3. The van der Waals surface area contributed by atoms with Gasteiger partial charge in [-0.05, 0) is 118 Å². The quantitative estimate of drug-likeness (QED) is 0.263. The van der Waals surface area contributed by atoms with Gasteiger partial charge in [-0.25, -0.2) is 0 Å². The maximum atomic E-state index is 13.3. The zero-order valence-corrected chi connectivity index (χ0v) is 19.6. The number of hydrogen-bond donors (Lipinski definition) is 0. The average molecular weight is 473 g/mol. The van der Waals surface area contributed by atoms with Crippen LogP contribution in [0.4, 0.5) is 13.2 Å². The number of hydrogen-bond acceptors (Lipinski definition) is 3. The van der Waals surface area contributed by atoms with Gasteiger partial charge in [0.1, 0.15) is 5.60 Å². The van der Waals surface area contributed by atoms with E-state index in [0.29, 0.717) is 24.2 Å². The molecule has 0 heterocycles. The molecule has 5 aliphatic carbocycles. The summed E-state index contributed by atoms with van der Waals surface area (Å²) < 4.78 is 69.3. The number of halogens is 3. The third-order valence-electron chi connectivity index (χ3n) is 9.83. The molecule has 32 heavy (non-hydrogen) atoms. The van der Waals surface area contributed by atoms with Gasteiger partial charge in [-0.1, -0.05) is 24.3 Å². The predicted molar refractivity (Wildman–Crippen MR) is 117 cm³/mol. The highest BCUT2D eigenvalue weighted by molar-refractivity contribution is 7.87. The monoisotopic (exact) mass is 472 g/mol. The van der Waals surface area contributed by atoms with Gasteiger partial charge in [0.15, 0.2) is 0 Å². The fourth-order valence-electron chi connectivity index (χ4n) is 8.89. The summed E-state index contributed by atoms with van der Waals surface area (Å²) in [5.41, 5.74) is -6.74. The van der Waals surface area contributed by atoms with Gasteiger partial charge in [-0.2, -0.15) is 21.6 Å². The fourth-order valence-corrected chi connectivity index (χ4v) is 9.64. The Bertz CT molecular complexity index is 879. The van der Waals surface area contributed by atoms with Crippen molar-refractivity contribution in [3.8, 4) is 0 Å². The van der Waals surface area contributed by atoms with E-state index in [1.54, 1.807) is 19.1 Å². The van der Waals surface area contributed by atoms with Crippen molar-refractivity contribution in [2.24, 2.45) is 47.3 Å². The summed E-state index contributed by atoms with van der Waals surface area (Å²) in [6.07, 6.45) is 18.2. The first-order valence-corrected chi connectivity index (χ1v) is 13.9. The molecule has 0 spiro atoms. The Morgan fingerprint density at radius 1 is 0.844 bits per heavy atom. The van der Waals surface area contributed by atoms with E-state index in [1.165, 1.54) is 25.7 Å². The van der Waals surface area contributed by atoms with Crippen molar-refractivity contribution in [3.63, 3.8) is 0 Å². The smallest absolute Gasteiger partial charge is 0.252 e. The molecule has 7 heteroatoms. The van der Waals surface area contributed by atoms with Gasteiger partial charge in [-0.3, -0.25) is 4.18 Å². The molecule has 0 amide bonds. The number of alkyl halides is 3. The van der Waals surface area contributed by atoms with Gasteiger partial charge < -0.3 is 0 Å². The molecule has 180 valence electrons. The van der Waals surface area contributed by atoms with Crippen LogP contribution in [-0.2, 0) is 14.3 Å². The molecule has 5 rings (SSSR count). The molecule has 0 aliphatic heterocycles. The summed E-state index contributed by atoms with van der Waals surface area (Å²) in [5, 5.41) is 0.